The normalized spacial score (nSPS) is 22.6. The van der Waals surface area contributed by atoms with E-state index in [1.807, 2.05) is 27.7 Å². The van der Waals surface area contributed by atoms with Crippen LogP contribution >= 0.6 is 0 Å². The highest BCUT2D eigenvalue weighted by Crippen LogP contribution is 2.19. The Bertz CT molecular complexity index is 231. The van der Waals surface area contributed by atoms with Crippen molar-refractivity contribution in [2.24, 2.45) is 0 Å². The van der Waals surface area contributed by atoms with Crippen molar-refractivity contribution in [3.8, 4) is 0 Å². The van der Waals surface area contributed by atoms with Crippen LogP contribution in [0.1, 0.15) is 47.5 Å². The van der Waals surface area contributed by atoms with E-state index in [1.54, 1.807) is 0 Å². The molecule has 0 radical (unpaired) electrons. The molecular formula is C14H31N3O. The summed E-state index contributed by atoms with van der Waals surface area (Å²) in [5.74, 6) is 0. The molecule has 0 bridgehead atoms. The summed E-state index contributed by atoms with van der Waals surface area (Å²) in [5.41, 5.74) is -0.111. The largest absolute Gasteiger partial charge is 0.331 e. The second-order valence-corrected chi connectivity index (χ2v) is 4.20. The van der Waals surface area contributed by atoms with Crippen LogP contribution in [0.2, 0.25) is 0 Å². The summed E-state index contributed by atoms with van der Waals surface area (Å²) in [6.45, 7) is 15.5. The van der Waals surface area contributed by atoms with Crippen molar-refractivity contribution in [1.82, 2.24) is 15.5 Å². The van der Waals surface area contributed by atoms with Crippen molar-refractivity contribution < 1.29 is 4.79 Å². The predicted molar refractivity (Wildman–Crippen MR) is 79.7 cm³/mol. The van der Waals surface area contributed by atoms with E-state index in [2.05, 4.69) is 36.1 Å². The fourth-order valence-corrected chi connectivity index (χ4v) is 2.00. The lowest BCUT2D eigenvalue weighted by atomic mass is 9.91. The molecule has 2 amide bonds. The second-order valence-electron chi connectivity index (χ2n) is 4.20. The molecule has 1 unspecified atom stereocenters. The number of likely N-dealkylation sites (N-methyl/N-ethyl adjacent to an activating group) is 1. The van der Waals surface area contributed by atoms with Crippen LogP contribution < -0.4 is 10.6 Å². The molecule has 108 valence electrons. The molecule has 0 aromatic rings. The van der Waals surface area contributed by atoms with Gasteiger partial charge < -0.3 is 15.5 Å². The van der Waals surface area contributed by atoms with E-state index in [1.165, 1.54) is 6.20 Å². The maximum Gasteiger partial charge on any atom is 0.319 e. The molecule has 1 heterocycles. The fraction of sp³-hybridized carbons (Fsp3) is 0.786. The van der Waals surface area contributed by atoms with Gasteiger partial charge in [-0.15, -0.1) is 0 Å². The zero-order valence-electron chi connectivity index (χ0n) is 13.0. The van der Waals surface area contributed by atoms with Crippen LogP contribution in [0.25, 0.3) is 0 Å². The molecule has 0 aromatic carbocycles. The van der Waals surface area contributed by atoms with Crippen molar-refractivity contribution in [2.75, 3.05) is 20.1 Å². The van der Waals surface area contributed by atoms with E-state index in [-0.39, 0.29) is 11.6 Å². The van der Waals surface area contributed by atoms with Crippen LogP contribution in [0.15, 0.2) is 12.8 Å². The number of likely N-dealkylation sites (tertiary alicyclic amines) is 1. The Labute approximate surface area is 113 Å². The number of urea groups is 1. The number of hydrogen-bond acceptors (Lipinski definition) is 2. The lowest BCUT2D eigenvalue weighted by Crippen LogP contribution is -2.57. The van der Waals surface area contributed by atoms with Gasteiger partial charge in [0.25, 0.3) is 0 Å². The van der Waals surface area contributed by atoms with E-state index < -0.39 is 0 Å². The molecule has 1 aliphatic rings. The van der Waals surface area contributed by atoms with Crippen LogP contribution in [0.4, 0.5) is 4.79 Å². The average Bonchev–Trinajstić information content (AvgIpc) is 2.33. The lowest BCUT2D eigenvalue weighted by molar-refractivity contribution is 0.159. The minimum absolute atomic E-state index is 0.111. The number of nitrogens with one attached hydrogen (secondary N) is 2. The Balaban J connectivity index is 0. The molecule has 0 saturated carbocycles. The number of nitrogens with zero attached hydrogens (tertiary/aromatic N) is 1. The van der Waals surface area contributed by atoms with Gasteiger partial charge in [-0.2, -0.15) is 0 Å². The topological polar surface area (TPSA) is 44.4 Å². The molecule has 4 nitrogen and oxygen atoms in total. The standard InChI is InChI=1S/C10H19N3O.2C2H6/c1-4-11-9(14)12-10(2)6-5-7-13(3)8-10;2*1-2/h4H,1,5-8H2,2-3H3,(H2,11,12,14);2*1-2H3. The monoisotopic (exact) mass is 257 g/mol. The van der Waals surface area contributed by atoms with Crippen molar-refractivity contribution in [3.63, 3.8) is 0 Å². The molecule has 1 fully saturated rings. The number of piperidine rings is 1. The number of carbonyl (C=O) groups is 1. The van der Waals surface area contributed by atoms with Gasteiger partial charge in [-0.05, 0) is 39.6 Å². The minimum Gasteiger partial charge on any atom is -0.331 e. The molecule has 2 N–H and O–H groups in total. The Hall–Kier alpha value is -1.03. The molecular weight excluding hydrogens is 226 g/mol. The highest BCUT2D eigenvalue weighted by Gasteiger charge is 2.30. The van der Waals surface area contributed by atoms with Crippen LogP contribution in [-0.2, 0) is 0 Å². The van der Waals surface area contributed by atoms with Crippen LogP contribution in [-0.4, -0.2) is 36.6 Å². The van der Waals surface area contributed by atoms with E-state index in [9.17, 15) is 4.79 Å². The van der Waals surface area contributed by atoms with E-state index in [0.717, 1.165) is 25.9 Å². The Morgan fingerprint density at radius 1 is 1.33 bits per heavy atom. The smallest absolute Gasteiger partial charge is 0.319 e. The van der Waals surface area contributed by atoms with Gasteiger partial charge in [0.1, 0.15) is 0 Å². The van der Waals surface area contributed by atoms with Crippen molar-refractivity contribution in [2.45, 2.75) is 53.0 Å². The van der Waals surface area contributed by atoms with E-state index in [4.69, 9.17) is 0 Å². The first-order valence-electron chi connectivity index (χ1n) is 6.94. The summed E-state index contributed by atoms with van der Waals surface area (Å²) in [5, 5.41) is 5.49. The fourth-order valence-electron chi connectivity index (χ4n) is 2.00. The minimum atomic E-state index is -0.169. The molecule has 4 heteroatoms. The molecule has 0 spiro atoms. The quantitative estimate of drug-likeness (QED) is 0.799. The number of carbonyl (C=O) groups excluding carboxylic acids is 1. The third kappa shape index (κ3) is 8.12. The van der Waals surface area contributed by atoms with Crippen LogP contribution in [0.3, 0.4) is 0 Å². The first-order chi connectivity index (χ1) is 8.56. The Morgan fingerprint density at radius 3 is 2.33 bits per heavy atom. The highest BCUT2D eigenvalue weighted by atomic mass is 16.2. The molecule has 1 saturated heterocycles. The summed E-state index contributed by atoms with van der Waals surface area (Å²) in [4.78, 5) is 13.5. The van der Waals surface area contributed by atoms with Crippen molar-refractivity contribution in [3.05, 3.63) is 12.8 Å². The van der Waals surface area contributed by atoms with E-state index in [0.29, 0.717) is 0 Å². The Morgan fingerprint density at radius 2 is 1.89 bits per heavy atom. The first kappa shape index (κ1) is 19.3. The molecule has 1 rings (SSSR count). The van der Waals surface area contributed by atoms with Gasteiger partial charge >= 0.3 is 6.03 Å². The summed E-state index contributed by atoms with van der Waals surface area (Å²) < 4.78 is 0. The van der Waals surface area contributed by atoms with Crippen molar-refractivity contribution in [1.29, 1.82) is 0 Å². The number of amides is 2. The SMILES string of the molecule is C=CNC(=O)NC1(C)CCCN(C)C1.CC.CC. The number of rotatable bonds is 2. The first-order valence-corrected chi connectivity index (χ1v) is 6.94. The van der Waals surface area contributed by atoms with Gasteiger partial charge in [0.2, 0.25) is 0 Å². The van der Waals surface area contributed by atoms with Gasteiger partial charge in [0.05, 0.1) is 5.54 Å². The Kier molecular flexibility index (Phi) is 11.9. The maximum atomic E-state index is 11.3. The van der Waals surface area contributed by atoms with Gasteiger partial charge in [0.15, 0.2) is 0 Å². The summed E-state index contributed by atoms with van der Waals surface area (Å²) >= 11 is 0. The third-order valence-electron chi connectivity index (χ3n) is 2.54. The van der Waals surface area contributed by atoms with Gasteiger partial charge in [-0.25, -0.2) is 4.79 Å². The molecule has 1 aliphatic heterocycles. The average molecular weight is 257 g/mol. The molecule has 0 aliphatic carbocycles. The molecule has 0 aromatic heterocycles. The molecule has 1 atom stereocenters. The van der Waals surface area contributed by atoms with Gasteiger partial charge in [-0.1, -0.05) is 34.3 Å². The highest BCUT2D eigenvalue weighted by molar-refractivity contribution is 5.75. The maximum absolute atomic E-state index is 11.3. The van der Waals surface area contributed by atoms with Crippen LogP contribution in [0, 0.1) is 0 Å². The van der Waals surface area contributed by atoms with Gasteiger partial charge in [-0.3, -0.25) is 0 Å². The summed E-state index contributed by atoms with van der Waals surface area (Å²) in [7, 11) is 2.07. The summed E-state index contributed by atoms with van der Waals surface area (Å²) in [6, 6.07) is -0.169. The lowest BCUT2D eigenvalue weighted by Gasteiger charge is -2.39. The zero-order chi connectivity index (χ0) is 14.6. The summed E-state index contributed by atoms with van der Waals surface area (Å²) in [6.07, 6.45) is 3.55. The predicted octanol–water partition coefficient (Wildman–Crippen LogP) is 2.97. The molecule has 18 heavy (non-hydrogen) atoms. The van der Waals surface area contributed by atoms with E-state index >= 15 is 0 Å². The van der Waals surface area contributed by atoms with Gasteiger partial charge in [0, 0.05) is 6.54 Å². The van der Waals surface area contributed by atoms with Crippen molar-refractivity contribution >= 4 is 6.03 Å². The third-order valence-corrected chi connectivity index (χ3v) is 2.54. The zero-order valence-corrected chi connectivity index (χ0v) is 13.0. The van der Waals surface area contributed by atoms with Crippen LogP contribution in [0.5, 0.6) is 0 Å². The second kappa shape index (κ2) is 11.1. The number of hydrogen-bond donors (Lipinski definition) is 2.